The summed E-state index contributed by atoms with van der Waals surface area (Å²) in [6.45, 7) is 3.84. The molecule has 2 atom stereocenters. The third kappa shape index (κ3) is 3.60. The lowest BCUT2D eigenvalue weighted by molar-refractivity contribution is 0.246. The number of nitrogens with zero attached hydrogens (tertiary/aromatic N) is 1. The van der Waals surface area contributed by atoms with Crippen molar-refractivity contribution in [2.24, 2.45) is 5.92 Å². The maximum absolute atomic E-state index is 12.9. The van der Waals surface area contributed by atoms with Crippen molar-refractivity contribution >= 4 is 11.6 Å². The van der Waals surface area contributed by atoms with Gasteiger partial charge < -0.3 is 10.3 Å². The van der Waals surface area contributed by atoms with Gasteiger partial charge in [0.25, 0.3) is 0 Å². The summed E-state index contributed by atoms with van der Waals surface area (Å²) in [5, 5.41) is 4.28. The summed E-state index contributed by atoms with van der Waals surface area (Å²) in [6.07, 6.45) is 1.79. The van der Waals surface area contributed by atoms with Crippen LogP contribution in [0.25, 0.3) is 11.3 Å². The number of imidazole rings is 1. The SMILES string of the molecule is Cc1c(-c2ccccc2)[nH]c(=O)n1C1CCNCC1Cc1ccccc1Cl. The van der Waals surface area contributed by atoms with E-state index in [-0.39, 0.29) is 11.7 Å². The van der Waals surface area contributed by atoms with Gasteiger partial charge in [-0.15, -0.1) is 0 Å². The van der Waals surface area contributed by atoms with Crippen molar-refractivity contribution in [2.75, 3.05) is 13.1 Å². The Hall–Kier alpha value is -2.30. The Balaban J connectivity index is 1.69. The first-order valence-electron chi connectivity index (χ1n) is 9.46. The van der Waals surface area contributed by atoms with Crippen LogP contribution >= 0.6 is 11.6 Å². The van der Waals surface area contributed by atoms with Crippen LogP contribution in [0.4, 0.5) is 0 Å². The zero-order chi connectivity index (χ0) is 18.8. The Labute approximate surface area is 164 Å². The van der Waals surface area contributed by atoms with Gasteiger partial charge in [0.1, 0.15) is 0 Å². The molecular formula is C22H24ClN3O. The van der Waals surface area contributed by atoms with Crippen molar-refractivity contribution in [3.8, 4) is 11.3 Å². The normalized spacial score (nSPS) is 19.9. The van der Waals surface area contributed by atoms with Gasteiger partial charge >= 0.3 is 5.69 Å². The quantitative estimate of drug-likeness (QED) is 0.711. The molecule has 0 spiro atoms. The van der Waals surface area contributed by atoms with Gasteiger partial charge in [-0.3, -0.25) is 4.57 Å². The average Bonchev–Trinajstić information content (AvgIpc) is 2.99. The Morgan fingerprint density at radius 3 is 2.63 bits per heavy atom. The number of piperidine rings is 1. The summed E-state index contributed by atoms with van der Waals surface area (Å²) in [5.41, 5.74) is 4.07. The zero-order valence-corrected chi connectivity index (χ0v) is 16.2. The molecule has 2 heterocycles. The molecule has 1 fully saturated rings. The highest BCUT2D eigenvalue weighted by molar-refractivity contribution is 6.31. The monoisotopic (exact) mass is 381 g/mol. The molecule has 1 aromatic heterocycles. The number of halogens is 1. The number of rotatable bonds is 4. The van der Waals surface area contributed by atoms with Crippen LogP contribution in [0.15, 0.2) is 59.4 Å². The van der Waals surface area contributed by atoms with Crippen molar-refractivity contribution in [3.05, 3.63) is 81.4 Å². The number of nitrogens with one attached hydrogen (secondary N) is 2. The molecule has 27 heavy (non-hydrogen) atoms. The fourth-order valence-electron chi connectivity index (χ4n) is 4.22. The fraction of sp³-hybridized carbons (Fsp3) is 0.318. The smallest absolute Gasteiger partial charge is 0.316 e. The molecule has 0 radical (unpaired) electrons. The summed E-state index contributed by atoms with van der Waals surface area (Å²) in [5.74, 6) is 0.314. The van der Waals surface area contributed by atoms with Gasteiger partial charge in [-0.1, -0.05) is 60.1 Å². The fourth-order valence-corrected chi connectivity index (χ4v) is 4.43. The maximum atomic E-state index is 12.9. The molecule has 0 bridgehead atoms. The highest BCUT2D eigenvalue weighted by Crippen LogP contribution is 2.32. The van der Waals surface area contributed by atoms with Gasteiger partial charge in [-0.25, -0.2) is 4.79 Å². The number of hydrogen-bond acceptors (Lipinski definition) is 2. The summed E-state index contributed by atoms with van der Waals surface area (Å²) >= 11 is 6.39. The lowest BCUT2D eigenvalue weighted by Crippen LogP contribution is -2.42. The van der Waals surface area contributed by atoms with E-state index in [1.807, 2.05) is 60.0 Å². The molecule has 3 aromatic rings. The highest BCUT2D eigenvalue weighted by atomic mass is 35.5. The molecule has 0 aliphatic carbocycles. The van der Waals surface area contributed by atoms with Crippen molar-refractivity contribution in [1.29, 1.82) is 0 Å². The molecule has 1 saturated heterocycles. The van der Waals surface area contributed by atoms with E-state index in [0.29, 0.717) is 5.92 Å². The van der Waals surface area contributed by atoms with Gasteiger partial charge in [0.15, 0.2) is 0 Å². The molecule has 2 aromatic carbocycles. The molecule has 4 rings (SSSR count). The Kier molecular flexibility index (Phi) is 5.19. The second-order valence-corrected chi connectivity index (χ2v) is 7.65. The predicted octanol–water partition coefficient (Wildman–Crippen LogP) is 4.20. The van der Waals surface area contributed by atoms with Crippen LogP contribution in [-0.2, 0) is 6.42 Å². The Morgan fingerprint density at radius 1 is 1.11 bits per heavy atom. The summed E-state index contributed by atoms with van der Waals surface area (Å²) in [7, 11) is 0. The largest absolute Gasteiger partial charge is 0.326 e. The second kappa shape index (κ2) is 7.75. The van der Waals surface area contributed by atoms with E-state index >= 15 is 0 Å². The summed E-state index contributed by atoms with van der Waals surface area (Å²) in [6, 6.07) is 18.2. The van der Waals surface area contributed by atoms with Gasteiger partial charge in [0.05, 0.1) is 5.69 Å². The average molecular weight is 382 g/mol. The minimum absolute atomic E-state index is 0.0255. The van der Waals surface area contributed by atoms with Crippen LogP contribution in [0.5, 0.6) is 0 Å². The van der Waals surface area contributed by atoms with Gasteiger partial charge in [0.2, 0.25) is 0 Å². The maximum Gasteiger partial charge on any atom is 0.326 e. The standard InChI is InChI=1S/C22H24ClN3O/c1-15-21(16-7-3-2-4-8-16)25-22(27)26(15)20-11-12-24-14-18(20)13-17-9-5-6-10-19(17)23/h2-10,18,20,24H,11-14H2,1H3,(H,25,27). The van der Waals surface area contributed by atoms with E-state index in [9.17, 15) is 4.79 Å². The lowest BCUT2D eigenvalue weighted by Gasteiger charge is -2.33. The van der Waals surface area contributed by atoms with Crippen LogP contribution in [0, 0.1) is 12.8 Å². The number of aromatic nitrogens is 2. The molecule has 2 unspecified atom stereocenters. The Bertz CT molecular complexity index is 977. The van der Waals surface area contributed by atoms with E-state index in [4.69, 9.17) is 11.6 Å². The molecule has 1 aliphatic rings. The first kappa shape index (κ1) is 18.1. The zero-order valence-electron chi connectivity index (χ0n) is 15.4. The van der Waals surface area contributed by atoms with Gasteiger partial charge in [0, 0.05) is 23.3 Å². The third-order valence-electron chi connectivity index (χ3n) is 5.58. The molecule has 1 aliphatic heterocycles. The third-order valence-corrected chi connectivity index (χ3v) is 5.94. The molecule has 0 saturated carbocycles. The van der Waals surface area contributed by atoms with Crippen LogP contribution in [-0.4, -0.2) is 22.6 Å². The van der Waals surface area contributed by atoms with Crippen LogP contribution in [0.1, 0.15) is 23.7 Å². The van der Waals surface area contributed by atoms with Gasteiger partial charge in [-0.2, -0.15) is 0 Å². The highest BCUT2D eigenvalue weighted by Gasteiger charge is 2.30. The van der Waals surface area contributed by atoms with E-state index in [2.05, 4.69) is 16.4 Å². The van der Waals surface area contributed by atoms with Crippen molar-refractivity contribution in [3.63, 3.8) is 0 Å². The number of hydrogen-bond donors (Lipinski definition) is 2. The van der Waals surface area contributed by atoms with Crippen LogP contribution in [0.2, 0.25) is 5.02 Å². The second-order valence-electron chi connectivity index (χ2n) is 7.24. The lowest BCUT2D eigenvalue weighted by atomic mass is 9.87. The molecule has 2 N–H and O–H groups in total. The molecule has 0 amide bonds. The molecular weight excluding hydrogens is 358 g/mol. The van der Waals surface area contributed by atoms with E-state index < -0.39 is 0 Å². The number of aromatic amines is 1. The van der Waals surface area contributed by atoms with Crippen molar-refractivity contribution < 1.29 is 0 Å². The van der Waals surface area contributed by atoms with Gasteiger partial charge in [-0.05, 0) is 49.4 Å². The minimum Gasteiger partial charge on any atom is -0.316 e. The topological polar surface area (TPSA) is 49.8 Å². The Morgan fingerprint density at radius 2 is 1.85 bits per heavy atom. The molecule has 140 valence electrons. The minimum atomic E-state index is -0.0255. The van der Waals surface area contributed by atoms with E-state index in [1.165, 1.54) is 0 Å². The first-order chi connectivity index (χ1) is 13.1. The molecule has 4 nitrogen and oxygen atoms in total. The van der Waals surface area contributed by atoms with Crippen LogP contribution in [0.3, 0.4) is 0 Å². The van der Waals surface area contributed by atoms with E-state index in [0.717, 1.165) is 53.5 Å². The van der Waals surface area contributed by atoms with Crippen LogP contribution < -0.4 is 11.0 Å². The number of H-pyrrole nitrogens is 1. The van der Waals surface area contributed by atoms with Crippen molar-refractivity contribution in [1.82, 2.24) is 14.9 Å². The molecule has 5 heteroatoms. The summed E-state index contributed by atoms with van der Waals surface area (Å²) < 4.78 is 1.96. The number of benzene rings is 2. The summed E-state index contributed by atoms with van der Waals surface area (Å²) in [4.78, 5) is 15.9. The first-order valence-corrected chi connectivity index (χ1v) is 9.83. The predicted molar refractivity (Wildman–Crippen MR) is 110 cm³/mol. The van der Waals surface area contributed by atoms with Crippen molar-refractivity contribution in [2.45, 2.75) is 25.8 Å². The van der Waals surface area contributed by atoms with E-state index in [1.54, 1.807) is 0 Å².